The Morgan fingerprint density at radius 2 is 1.73 bits per heavy atom. The van der Waals surface area contributed by atoms with Crippen molar-refractivity contribution in [1.82, 2.24) is 5.32 Å². The summed E-state index contributed by atoms with van der Waals surface area (Å²) in [5.41, 5.74) is 8.05. The van der Waals surface area contributed by atoms with Gasteiger partial charge < -0.3 is 20.5 Å². The molecule has 0 aliphatic carbocycles. The van der Waals surface area contributed by atoms with Crippen LogP contribution in [0, 0.1) is 0 Å². The minimum atomic E-state index is -0.967. The molecule has 1 atom stereocenters. The predicted molar refractivity (Wildman–Crippen MR) is 105 cm³/mol. The normalized spacial score (nSPS) is 12.5. The molecule has 0 saturated carbocycles. The number of hydrogen-bond acceptors (Lipinski definition) is 4. The standard InChI is InChI=1S/C19H25N3O3S/c1-24-17-9-6-14(12-18(17)25-2)10-11-21-19(20)22-13-15-4-7-16(8-5-15)26(3)23/h4-9,12H,10-11,13H2,1-3H3,(H3,20,21,22). The average molecular weight is 375 g/mol. The zero-order valence-corrected chi connectivity index (χ0v) is 16.1. The number of aliphatic imine (C=N–C) groups is 1. The Labute approximate surface area is 156 Å². The summed E-state index contributed by atoms with van der Waals surface area (Å²) >= 11 is 0. The van der Waals surface area contributed by atoms with Crippen LogP contribution in [0.15, 0.2) is 52.4 Å². The Hall–Kier alpha value is -2.54. The van der Waals surface area contributed by atoms with Crippen LogP contribution >= 0.6 is 0 Å². The smallest absolute Gasteiger partial charge is 0.188 e. The highest BCUT2D eigenvalue weighted by Crippen LogP contribution is 2.27. The van der Waals surface area contributed by atoms with Gasteiger partial charge in [-0.05, 0) is 41.8 Å². The van der Waals surface area contributed by atoms with Gasteiger partial charge >= 0.3 is 0 Å². The van der Waals surface area contributed by atoms with E-state index in [1.54, 1.807) is 20.5 Å². The molecule has 140 valence electrons. The van der Waals surface area contributed by atoms with E-state index >= 15 is 0 Å². The maximum absolute atomic E-state index is 11.4. The van der Waals surface area contributed by atoms with Gasteiger partial charge in [0.1, 0.15) is 0 Å². The molecule has 7 heteroatoms. The average Bonchev–Trinajstić information content (AvgIpc) is 2.66. The molecule has 3 N–H and O–H groups in total. The van der Waals surface area contributed by atoms with Crippen LogP contribution in [-0.2, 0) is 23.8 Å². The van der Waals surface area contributed by atoms with Crippen LogP contribution in [0.2, 0.25) is 0 Å². The second kappa shape index (κ2) is 9.82. The van der Waals surface area contributed by atoms with Crippen molar-refractivity contribution in [2.24, 2.45) is 10.7 Å². The fourth-order valence-corrected chi connectivity index (χ4v) is 2.91. The van der Waals surface area contributed by atoms with Crippen molar-refractivity contribution < 1.29 is 13.7 Å². The van der Waals surface area contributed by atoms with Crippen molar-refractivity contribution in [3.63, 3.8) is 0 Å². The van der Waals surface area contributed by atoms with Crippen molar-refractivity contribution >= 4 is 16.8 Å². The number of guanidine groups is 1. The highest BCUT2D eigenvalue weighted by molar-refractivity contribution is 7.84. The molecule has 0 amide bonds. The molecule has 0 spiro atoms. The van der Waals surface area contributed by atoms with Gasteiger partial charge in [0, 0.05) is 28.5 Å². The quantitative estimate of drug-likeness (QED) is 0.545. The fourth-order valence-electron chi connectivity index (χ4n) is 2.39. The minimum absolute atomic E-state index is 0.397. The van der Waals surface area contributed by atoms with E-state index in [0.717, 1.165) is 22.4 Å². The number of ether oxygens (including phenoxy) is 2. The van der Waals surface area contributed by atoms with Crippen LogP contribution in [0.5, 0.6) is 11.5 Å². The van der Waals surface area contributed by atoms with Crippen molar-refractivity contribution in [3.05, 3.63) is 53.6 Å². The lowest BCUT2D eigenvalue weighted by molar-refractivity contribution is 0.354. The molecule has 2 rings (SSSR count). The second-order valence-electron chi connectivity index (χ2n) is 5.67. The molecule has 0 fully saturated rings. The van der Waals surface area contributed by atoms with Gasteiger partial charge in [-0.1, -0.05) is 18.2 Å². The van der Waals surface area contributed by atoms with Crippen LogP contribution in [0.25, 0.3) is 0 Å². The largest absolute Gasteiger partial charge is 0.493 e. The molecular weight excluding hydrogens is 350 g/mol. The predicted octanol–water partition coefficient (Wildman–Crippen LogP) is 2.09. The van der Waals surface area contributed by atoms with Crippen LogP contribution in [-0.4, -0.2) is 37.2 Å². The first kappa shape index (κ1) is 19.8. The topological polar surface area (TPSA) is 85.9 Å². The minimum Gasteiger partial charge on any atom is -0.493 e. The fraction of sp³-hybridized carbons (Fsp3) is 0.316. The lowest BCUT2D eigenvalue weighted by Crippen LogP contribution is -2.33. The molecular formula is C19H25N3O3S. The third-order valence-corrected chi connectivity index (χ3v) is 4.79. The number of hydrogen-bond donors (Lipinski definition) is 2. The van der Waals surface area contributed by atoms with E-state index in [9.17, 15) is 4.21 Å². The number of rotatable bonds is 8. The lowest BCUT2D eigenvalue weighted by atomic mass is 10.1. The number of nitrogens with zero attached hydrogens (tertiary/aromatic N) is 1. The third kappa shape index (κ3) is 5.77. The summed E-state index contributed by atoms with van der Waals surface area (Å²) in [6.45, 7) is 1.14. The molecule has 26 heavy (non-hydrogen) atoms. The zero-order valence-electron chi connectivity index (χ0n) is 15.3. The molecule has 0 aliphatic rings. The Morgan fingerprint density at radius 1 is 1.08 bits per heavy atom. The first-order valence-corrected chi connectivity index (χ1v) is 9.76. The molecule has 2 aromatic rings. The van der Waals surface area contributed by atoms with E-state index < -0.39 is 10.8 Å². The molecule has 6 nitrogen and oxygen atoms in total. The monoisotopic (exact) mass is 375 g/mol. The van der Waals surface area contributed by atoms with E-state index in [0.29, 0.717) is 30.5 Å². The van der Waals surface area contributed by atoms with Gasteiger partial charge in [-0.3, -0.25) is 4.21 Å². The number of nitrogens with one attached hydrogen (secondary N) is 1. The molecule has 0 saturated heterocycles. The number of methoxy groups -OCH3 is 2. The Kier molecular flexibility index (Phi) is 7.47. The van der Waals surface area contributed by atoms with E-state index in [1.807, 2.05) is 42.5 Å². The van der Waals surface area contributed by atoms with E-state index in [-0.39, 0.29) is 0 Å². The van der Waals surface area contributed by atoms with Crippen LogP contribution in [0.4, 0.5) is 0 Å². The molecule has 0 aromatic heterocycles. The Morgan fingerprint density at radius 3 is 2.35 bits per heavy atom. The van der Waals surface area contributed by atoms with Crippen molar-refractivity contribution in [2.75, 3.05) is 27.0 Å². The van der Waals surface area contributed by atoms with Gasteiger partial charge in [0.15, 0.2) is 17.5 Å². The van der Waals surface area contributed by atoms with Crippen molar-refractivity contribution in [1.29, 1.82) is 0 Å². The van der Waals surface area contributed by atoms with Gasteiger partial charge in [-0.15, -0.1) is 0 Å². The summed E-state index contributed by atoms with van der Waals surface area (Å²) in [5, 5.41) is 3.10. The Bertz CT molecular complexity index is 776. The summed E-state index contributed by atoms with van der Waals surface area (Å²) in [6.07, 6.45) is 2.45. The molecule has 1 unspecified atom stereocenters. The van der Waals surface area contributed by atoms with Gasteiger partial charge in [0.25, 0.3) is 0 Å². The van der Waals surface area contributed by atoms with Gasteiger partial charge in [0.05, 0.1) is 20.8 Å². The van der Waals surface area contributed by atoms with E-state index in [2.05, 4.69) is 10.3 Å². The lowest BCUT2D eigenvalue weighted by Gasteiger charge is -2.10. The maximum Gasteiger partial charge on any atom is 0.188 e. The van der Waals surface area contributed by atoms with Crippen molar-refractivity contribution in [2.45, 2.75) is 17.9 Å². The van der Waals surface area contributed by atoms with Crippen molar-refractivity contribution in [3.8, 4) is 11.5 Å². The summed E-state index contributed by atoms with van der Waals surface area (Å²) in [5.74, 6) is 1.82. The van der Waals surface area contributed by atoms with Gasteiger partial charge in [0.2, 0.25) is 0 Å². The maximum atomic E-state index is 11.4. The van der Waals surface area contributed by atoms with Crippen LogP contribution in [0.3, 0.4) is 0 Å². The molecule has 0 aliphatic heterocycles. The molecule has 0 heterocycles. The number of benzene rings is 2. The zero-order chi connectivity index (χ0) is 18.9. The van der Waals surface area contributed by atoms with Gasteiger partial charge in [-0.2, -0.15) is 0 Å². The van der Waals surface area contributed by atoms with E-state index in [4.69, 9.17) is 15.2 Å². The molecule has 0 bridgehead atoms. The Balaban J connectivity index is 1.83. The summed E-state index contributed by atoms with van der Waals surface area (Å²) in [7, 11) is 2.27. The SMILES string of the molecule is COc1ccc(CCNC(N)=NCc2ccc(S(C)=O)cc2)cc1OC. The van der Waals surface area contributed by atoms with Gasteiger partial charge in [-0.25, -0.2) is 4.99 Å². The first-order chi connectivity index (χ1) is 12.5. The highest BCUT2D eigenvalue weighted by atomic mass is 32.2. The number of nitrogens with two attached hydrogens (primary N) is 1. The third-order valence-electron chi connectivity index (χ3n) is 3.85. The first-order valence-electron chi connectivity index (χ1n) is 8.20. The summed E-state index contributed by atoms with van der Waals surface area (Å²) in [6, 6.07) is 13.4. The van der Waals surface area contributed by atoms with Crippen LogP contribution < -0.4 is 20.5 Å². The summed E-state index contributed by atoms with van der Waals surface area (Å²) < 4.78 is 21.9. The molecule has 0 radical (unpaired) electrons. The van der Waals surface area contributed by atoms with Crippen LogP contribution in [0.1, 0.15) is 11.1 Å². The second-order valence-corrected chi connectivity index (χ2v) is 7.05. The molecule has 2 aromatic carbocycles. The van der Waals surface area contributed by atoms with E-state index in [1.165, 1.54) is 0 Å². The summed E-state index contributed by atoms with van der Waals surface area (Å²) in [4.78, 5) is 5.13. The highest BCUT2D eigenvalue weighted by Gasteiger charge is 2.04.